The van der Waals surface area contributed by atoms with Crippen LogP contribution in [0.1, 0.15) is 12.8 Å². The van der Waals surface area contributed by atoms with Crippen molar-refractivity contribution in [3.63, 3.8) is 0 Å². The first-order chi connectivity index (χ1) is 14.1. The molecule has 0 bridgehead atoms. The summed E-state index contributed by atoms with van der Waals surface area (Å²) < 4.78 is 33.4. The van der Waals surface area contributed by atoms with Crippen LogP contribution in [-0.2, 0) is 26.6 Å². The summed E-state index contributed by atoms with van der Waals surface area (Å²) in [6, 6.07) is 1.95. The Balaban J connectivity index is 4.66. The van der Waals surface area contributed by atoms with Crippen molar-refractivity contribution in [1.29, 1.82) is 0 Å². The van der Waals surface area contributed by atoms with Gasteiger partial charge >= 0.3 is 25.7 Å². The normalized spacial score (nSPS) is 14.1. The minimum Gasteiger partial charge on any atom is -0.398 e. The topological polar surface area (TPSA) is 79.4 Å². The van der Waals surface area contributed by atoms with Crippen LogP contribution in [-0.4, -0.2) is 96.7 Å². The van der Waals surface area contributed by atoms with Gasteiger partial charge in [0.15, 0.2) is 0 Å². The molecule has 0 atom stereocenters. The van der Waals surface area contributed by atoms with Gasteiger partial charge in [-0.3, -0.25) is 0 Å². The monoisotopic (exact) mass is 498 g/mol. The van der Waals surface area contributed by atoms with Crippen LogP contribution in [0.4, 0.5) is 0 Å². The number of hydrogen-bond acceptors (Lipinski definition) is 8. The highest BCUT2D eigenvalue weighted by Gasteiger charge is 2.29. The van der Waals surface area contributed by atoms with Crippen LogP contribution in [0, 0.1) is 0 Å². The second-order valence-corrected chi connectivity index (χ2v) is 19.9. The lowest BCUT2D eigenvalue weighted by atomic mass is 10.4. The minimum absolute atomic E-state index is 0.309. The molecule has 0 rings (SSSR count). The summed E-state index contributed by atoms with van der Waals surface area (Å²) >= 11 is 0. The van der Waals surface area contributed by atoms with Crippen molar-refractivity contribution < 1.29 is 26.6 Å². The van der Waals surface area contributed by atoms with Gasteiger partial charge in [-0.1, -0.05) is 5.70 Å². The Morgan fingerprint density at radius 2 is 1.10 bits per heavy atom. The van der Waals surface area contributed by atoms with Gasteiger partial charge in [0.05, 0.1) is 9.52 Å². The molecule has 0 saturated carbocycles. The van der Waals surface area contributed by atoms with Gasteiger partial charge < -0.3 is 37.2 Å². The van der Waals surface area contributed by atoms with Crippen molar-refractivity contribution in [2.75, 3.05) is 55.7 Å². The maximum absolute atomic E-state index is 5.58. The first-order valence-corrected chi connectivity index (χ1v) is 19.7. The van der Waals surface area contributed by atoms with Crippen molar-refractivity contribution in [3.8, 4) is 0 Å². The molecule has 0 unspecified atom stereocenters. The Kier molecular flexibility index (Phi) is 16.1. The smallest absolute Gasteiger partial charge is 0.360 e. The Hall–Kier alpha value is 0.288. The van der Waals surface area contributed by atoms with E-state index < -0.39 is 35.2 Å². The third-order valence-corrected chi connectivity index (χ3v) is 16.2. The predicted molar refractivity (Wildman–Crippen MR) is 133 cm³/mol. The molecule has 0 aliphatic carbocycles. The van der Waals surface area contributed by atoms with Crippen molar-refractivity contribution in [2.24, 2.45) is 0 Å². The van der Waals surface area contributed by atoms with Gasteiger partial charge in [-0.2, -0.15) is 0 Å². The maximum Gasteiger partial charge on any atom is 0.360 e. The fourth-order valence-electron chi connectivity index (χ4n) is 2.82. The lowest BCUT2D eigenvalue weighted by Gasteiger charge is -2.25. The van der Waals surface area contributed by atoms with E-state index in [1.54, 1.807) is 42.7 Å². The molecular weight excluding hydrogens is 453 g/mol. The highest BCUT2D eigenvalue weighted by Crippen LogP contribution is 2.14. The van der Waals surface area contributed by atoms with Crippen LogP contribution in [0.2, 0.25) is 31.7 Å². The number of nitrogens with one attached hydrogen (secondary N) is 2. The summed E-state index contributed by atoms with van der Waals surface area (Å²) in [4.78, 5) is 0. The van der Waals surface area contributed by atoms with Gasteiger partial charge in [0.2, 0.25) is 0 Å². The summed E-state index contributed by atoms with van der Waals surface area (Å²) in [7, 11) is 3.69. The van der Waals surface area contributed by atoms with E-state index in [2.05, 4.69) is 41.7 Å². The zero-order valence-corrected chi connectivity index (χ0v) is 25.0. The zero-order valence-electron chi connectivity index (χ0n) is 20.6. The maximum atomic E-state index is 5.58. The van der Waals surface area contributed by atoms with E-state index in [1.807, 2.05) is 0 Å². The molecule has 0 aliphatic heterocycles. The van der Waals surface area contributed by atoms with Crippen LogP contribution < -0.4 is 10.6 Å². The highest BCUT2D eigenvalue weighted by atomic mass is 28.4. The molecule has 0 spiro atoms. The van der Waals surface area contributed by atoms with Crippen molar-refractivity contribution in [1.82, 2.24) is 10.6 Å². The standard InChI is InChI=1S/C18H46N2O6Si4/c1-21-28(7,22-2)15-10-12-19-18(27-14-17-30(9,25-5)26-6)20-13-11-16-29(8,23-3)24-4/h14,17-20H,10-13,15-16,27H2,1-9H3. The van der Waals surface area contributed by atoms with Gasteiger partial charge in [-0.15, -0.1) is 5.70 Å². The molecule has 0 aliphatic rings. The SMILES string of the molecule is CO[Si](C)(C=C[SiH2]C(NCCC[Si](C)(OC)OC)NCCC[Si](C)(OC)OC)OC. The average Bonchev–Trinajstić information content (AvgIpc) is 2.78. The van der Waals surface area contributed by atoms with Gasteiger partial charge in [0.25, 0.3) is 0 Å². The van der Waals surface area contributed by atoms with Crippen molar-refractivity contribution in [2.45, 2.75) is 50.4 Å². The molecule has 0 fully saturated rings. The second-order valence-electron chi connectivity index (χ2n) is 7.81. The Bertz CT molecular complexity index is 438. The second kappa shape index (κ2) is 16.0. The molecule has 30 heavy (non-hydrogen) atoms. The molecule has 8 nitrogen and oxygen atoms in total. The largest absolute Gasteiger partial charge is 0.398 e. The molecule has 0 aromatic rings. The summed E-state index contributed by atoms with van der Waals surface area (Å²) in [6.07, 6.45) is 2.06. The van der Waals surface area contributed by atoms with Crippen LogP contribution in [0.5, 0.6) is 0 Å². The summed E-state index contributed by atoms with van der Waals surface area (Å²) in [5.41, 5.74) is 4.44. The molecule has 0 aromatic heterocycles. The molecule has 0 aromatic carbocycles. The molecule has 0 heterocycles. The highest BCUT2D eigenvalue weighted by molar-refractivity contribution is 6.72. The van der Waals surface area contributed by atoms with E-state index in [0.29, 0.717) is 5.79 Å². The molecular formula is C18H46N2O6Si4. The fraction of sp³-hybridized carbons (Fsp3) is 0.889. The number of hydrogen-bond donors (Lipinski definition) is 2. The minimum atomic E-state index is -2.17. The lowest BCUT2D eigenvalue weighted by Crippen LogP contribution is -2.48. The van der Waals surface area contributed by atoms with Crippen LogP contribution in [0.3, 0.4) is 0 Å². The van der Waals surface area contributed by atoms with Gasteiger partial charge in [-0.05, 0) is 57.7 Å². The van der Waals surface area contributed by atoms with Crippen molar-refractivity contribution >= 4 is 35.2 Å². The average molecular weight is 499 g/mol. The van der Waals surface area contributed by atoms with E-state index in [-0.39, 0.29) is 0 Å². The third kappa shape index (κ3) is 12.4. The van der Waals surface area contributed by atoms with Crippen LogP contribution in [0.25, 0.3) is 0 Å². The van der Waals surface area contributed by atoms with Gasteiger partial charge in [-0.25, -0.2) is 0 Å². The van der Waals surface area contributed by atoms with Crippen molar-refractivity contribution in [3.05, 3.63) is 11.4 Å². The third-order valence-electron chi connectivity index (χ3n) is 5.73. The zero-order chi connectivity index (χ0) is 23.1. The molecule has 0 amide bonds. The summed E-state index contributed by atoms with van der Waals surface area (Å²) in [5, 5.41) is 7.36. The first kappa shape index (κ1) is 30.3. The van der Waals surface area contributed by atoms with Gasteiger partial charge in [0, 0.05) is 48.4 Å². The Morgan fingerprint density at radius 1 is 0.700 bits per heavy atom. The molecule has 12 heteroatoms. The molecule has 0 radical (unpaired) electrons. The lowest BCUT2D eigenvalue weighted by molar-refractivity contribution is 0.248. The Morgan fingerprint density at radius 3 is 1.43 bits per heavy atom. The van der Waals surface area contributed by atoms with E-state index in [1.165, 1.54) is 0 Å². The first-order valence-electron chi connectivity index (χ1n) is 10.6. The molecule has 0 saturated heterocycles. The fourth-order valence-corrected chi connectivity index (χ4v) is 9.32. The van der Waals surface area contributed by atoms with Gasteiger partial charge in [0.1, 0.15) is 0 Å². The van der Waals surface area contributed by atoms with E-state index in [0.717, 1.165) is 38.0 Å². The van der Waals surface area contributed by atoms with Crippen LogP contribution >= 0.6 is 0 Å². The van der Waals surface area contributed by atoms with E-state index in [4.69, 9.17) is 26.6 Å². The predicted octanol–water partition coefficient (Wildman–Crippen LogP) is 1.55. The molecule has 180 valence electrons. The van der Waals surface area contributed by atoms with E-state index >= 15 is 0 Å². The summed E-state index contributed by atoms with van der Waals surface area (Å²) in [5.74, 6) is 0.309. The number of rotatable bonds is 19. The van der Waals surface area contributed by atoms with E-state index in [9.17, 15) is 0 Å². The summed E-state index contributed by atoms with van der Waals surface area (Å²) in [6.45, 7) is 8.12. The van der Waals surface area contributed by atoms with Crippen LogP contribution in [0.15, 0.2) is 11.4 Å². The quantitative estimate of drug-likeness (QED) is 0.158. The molecule has 2 N–H and O–H groups in total. The Labute approximate surface area is 189 Å².